The SMILES string of the molecule is CCc1nc2nc(-c3ccccc3)cc(-c3cccnc3)n2n1. The van der Waals surface area contributed by atoms with Crippen molar-refractivity contribution >= 4 is 5.78 Å². The number of hydrogen-bond acceptors (Lipinski definition) is 4. The molecule has 5 nitrogen and oxygen atoms in total. The Hall–Kier alpha value is -3.08. The van der Waals surface area contributed by atoms with Crippen molar-refractivity contribution in [3.63, 3.8) is 0 Å². The Kier molecular flexibility index (Phi) is 3.31. The van der Waals surface area contributed by atoms with Gasteiger partial charge in [0.05, 0.1) is 11.4 Å². The Balaban J connectivity index is 2.00. The van der Waals surface area contributed by atoms with Gasteiger partial charge in [0.2, 0.25) is 0 Å². The van der Waals surface area contributed by atoms with Gasteiger partial charge in [-0.3, -0.25) is 4.98 Å². The van der Waals surface area contributed by atoms with Gasteiger partial charge in [0.1, 0.15) is 0 Å². The van der Waals surface area contributed by atoms with Crippen LogP contribution in [-0.2, 0) is 6.42 Å². The summed E-state index contributed by atoms with van der Waals surface area (Å²) in [5, 5.41) is 4.56. The van der Waals surface area contributed by atoms with Crippen molar-refractivity contribution in [2.45, 2.75) is 13.3 Å². The third-order valence-electron chi connectivity index (χ3n) is 3.70. The van der Waals surface area contributed by atoms with Gasteiger partial charge in [0.15, 0.2) is 5.82 Å². The molecule has 1 aromatic carbocycles. The summed E-state index contributed by atoms with van der Waals surface area (Å²) >= 11 is 0. The largest absolute Gasteiger partial charge is 0.264 e. The van der Waals surface area contributed by atoms with Crippen LogP contribution in [-0.4, -0.2) is 24.6 Å². The lowest BCUT2D eigenvalue weighted by Crippen LogP contribution is -1.99. The minimum atomic E-state index is 0.613. The fraction of sp³-hybridized carbons (Fsp3) is 0.111. The molecule has 5 heteroatoms. The van der Waals surface area contributed by atoms with Crippen molar-refractivity contribution in [1.29, 1.82) is 0 Å². The summed E-state index contributed by atoms with van der Waals surface area (Å²) in [5.74, 6) is 1.40. The van der Waals surface area contributed by atoms with Crippen molar-refractivity contribution in [3.8, 4) is 22.5 Å². The van der Waals surface area contributed by atoms with Gasteiger partial charge in [-0.15, -0.1) is 5.10 Å². The smallest absolute Gasteiger partial charge is 0.253 e. The molecule has 0 spiro atoms. The first-order valence-corrected chi connectivity index (χ1v) is 7.57. The minimum absolute atomic E-state index is 0.613. The van der Waals surface area contributed by atoms with Crippen LogP contribution in [0.15, 0.2) is 60.9 Å². The summed E-state index contributed by atoms with van der Waals surface area (Å²) in [4.78, 5) is 13.4. The third kappa shape index (κ3) is 2.46. The van der Waals surface area contributed by atoms with Crippen molar-refractivity contribution in [2.75, 3.05) is 0 Å². The highest BCUT2D eigenvalue weighted by atomic mass is 15.3. The molecule has 23 heavy (non-hydrogen) atoms. The van der Waals surface area contributed by atoms with Gasteiger partial charge in [-0.05, 0) is 18.2 Å². The first-order chi connectivity index (χ1) is 11.3. The summed E-state index contributed by atoms with van der Waals surface area (Å²) in [7, 11) is 0. The molecule has 0 N–H and O–H groups in total. The van der Waals surface area contributed by atoms with E-state index in [2.05, 4.69) is 20.1 Å². The second kappa shape index (κ2) is 5.61. The molecule has 0 unspecified atom stereocenters. The molecule has 0 bridgehead atoms. The maximum atomic E-state index is 4.67. The first-order valence-electron chi connectivity index (χ1n) is 7.57. The molecule has 3 heterocycles. The van der Waals surface area contributed by atoms with Crippen LogP contribution in [0.5, 0.6) is 0 Å². The molecule has 0 fully saturated rings. The molecule has 0 radical (unpaired) electrons. The Morgan fingerprint density at radius 2 is 1.78 bits per heavy atom. The zero-order valence-electron chi connectivity index (χ0n) is 12.7. The van der Waals surface area contributed by atoms with E-state index in [0.29, 0.717) is 5.78 Å². The van der Waals surface area contributed by atoms with Crippen LogP contribution in [0.3, 0.4) is 0 Å². The summed E-state index contributed by atoms with van der Waals surface area (Å²) in [6.45, 7) is 2.04. The van der Waals surface area contributed by atoms with E-state index in [9.17, 15) is 0 Å². The Morgan fingerprint density at radius 1 is 0.957 bits per heavy atom. The maximum Gasteiger partial charge on any atom is 0.253 e. The van der Waals surface area contributed by atoms with Crippen LogP contribution in [0, 0.1) is 0 Å². The molecular formula is C18H15N5. The average Bonchev–Trinajstić information content (AvgIpc) is 3.05. The average molecular weight is 301 g/mol. The van der Waals surface area contributed by atoms with Crippen LogP contribution in [0.1, 0.15) is 12.7 Å². The number of aromatic nitrogens is 5. The van der Waals surface area contributed by atoms with Gasteiger partial charge >= 0.3 is 0 Å². The summed E-state index contributed by atoms with van der Waals surface area (Å²) in [6.07, 6.45) is 4.37. The minimum Gasteiger partial charge on any atom is -0.264 e. The standard InChI is InChI=1S/C18H15N5/c1-2-17-21-18-20-15(13-7-4-3-5-8-13)11-16(23(18)22-17)14-9-6-10-19-12-14/h3-12H,2H2,1H3. The highest BCUT2D eigenvalue weighted by Crippen LogP contribution is 2.25. The number of pyridine rings is 1. The van der Waals surface area contributed by atoms with Gasteiger partial charge in [-0.1, -0.05) is 37.3 Å². The van der Waals surface area contributed by atoms with Gasteiger partial charge in [-0.25, -0.2) is 4.98 Å². The van der Waals surface area contributed by atoms with E-state index in [1.807, 2.05) is 61.7 Å². The highest BCUT2D eigenvalue weighted by Gasteiger charge is 2.13. The number of fused-ring (bicyclic) bond motifs is 1. The molecule has 0 aliphatic heterocycles. The fourth-order valence-corrected chi connectivity index (χ4v) is 2.54. The molecule has 112 valence electrons. The Morgan fingerprint density at radius 3 is 2.52 bits per heavy atom. The van der Waals surface area contributed by atoms with Gasteiger partial charge in [0.25, 0.3) is 5.78 Å². The molecule has 0 aliphatic carbocycles. The zero-order chi connectivity index (χ0) is 15.6. The quantitative estimate of drug-likeness (QED) is 0.582. The van der Waals surface area contributed by atoms with Gasteiger partial charge < -0.3 is 0 Å². The molecule has 0 saturated carbocycles. The number of hydrogen-bond donors (Lipinski definition) is 0. The van der Waals surface area contributed by atoms with E-state index in [4.69, 9.17) is 0 Å². The van der Waals surface area contributed by atoms with Crippen LogP contribution in [0.2, 0.25) is 0 Å². The van der Waals surface area contributed by atoms with E-state index in [0.717, 1.165) is 34.8 Å². The number of rotatable bonds is 3. The van der Waals surface area contributed by atoms with Crippen LogP contribution in [0.25, 0.3) is 28.3 Å². The molecule has 4 aromatic rings. The Bertz CT molecular complexity index is 945. The molecule has 0 amide bonds. The van der Waals surface area contributed by atoms with Crippen molar-refractivity contribution in [2.24, 2.45) is 0 Å². The highest BCUT2D eigenvalue weighted by molar-refractivity contribution is 5.70. The van der Waals surface area contributed by atoms with Crippen molar-refractivity contribution < 1.29 is 0 Å². The Labute approximate surface area is 133 Å². The third-order valence-corrected chi connectivity index (χ3v) is 3.70. The lowest BCUT2D eigenvalue weighted by Gasteiger charge is -2.07. The normalized spacial score (nSPS) is 11.0. The molecule has 0 saturated heterocycles. The van der Waals surface area contributed by atoms with E-state index in [1.54, 1.807) is 10.7 Å². The van der Waals surface area contributed by atoms with E-state index < -0.39 is 0 Å². The van der Waals surface area contributed by atoms with Crippen LogP contribution < -0.4 is 0 Å². The summed E-state index contributed by atoms with van der Waals surface area (Å²) < 4.78 is 1.79. The number of benzene rings is 1. The maximum absolute atomic E-state index is 4.67. The second-order valence-corrected chi connectivity index (χ2v) is 5.23. The summed E-state index contributed by atoms with van der Waals surface area (Å²) in [5.41, 5.74) is 3.87. The van der Waals surface area contributed by atoms with E-state index >= 15 is 0 Å². The van der Waals surface area contributed by atoms with Crippen LogP contribution >= 0.6 is 0 Å². The van der Waals surface area contributed by atoms with Gasteiger partial charge in [-0.2, -0.15) is 9.50 Å². The lowest BCUT2D eigenvalue weighted by molar-refractivity contribution is 0.885. The molecule has 4 rings (SSSR count). The zero-order valence-corrected chi connectivity index (χ0v) is 12.7. The number of nitrogens with zero attached hydrogens (tertiary/aromatic N) is 5. The van der Waals surface area contributed by atoms with Crippen molar-refractivity contribution in [3.05, 3.63) is 66.7 Å². The molecular weight excluding hydrogens is 286 g/mol. The monoisotopic (exact) mass is 301 g/mol. The predicted molar refractivity (Wildman–Crippen MR) is 88.8 cm³/mol. The second-order valence-electron chi connectivity index (χ2n) is 5.23. The molecule has 0 aliphatic rings. The van der Waals surface area contributed by atoms with Gasteiger partial charge in [0, 0.05) is 29.9 Å². The lowest BCUT2D eigenvalue weighted by atomic mass is 10.1. The number of aryl methyl sites for hydroxylation is 1. The molecule has 0 atom stereocenters. The first kappa shape index (κ1) is 13.6. The van der Waals surface area contributed by atoms with E-state index in [1.165, 1.54) is 0 Å². The van der Waals surface area contributed by atoms with Crippen LogP contribution in [0.4, 0.5) is 0 Å². The summed E-state index contributed by atoms with van der Waals surface area (Å²) in [6, 6.07) is 16.1. The predicted octanol–water partition coefficient (Wildman–Crippen LogP) is 3.42. The van der Waals surface area contributed by atoms with E-state index in [-0.39, 0.29) is 0 Å². The topological polar surface area (TPSA) is 56.0 Å². The fourth-order valence-electron chi connectivity index (χ4n) is 2.54. The van der Waals surface area contributed by atoms with Crippen molar-refractivity contribution in [1.82, 2.24) is 24.6 Å². The molecule has 3 aromatic heterocycles.